The van der Waals surface area contributed by atoms with Crippen LogP contribution in [0.2, 0.25) is 0 Å². The minimum Gasteiger partial charge on any atom is -0.349 e. The Morgan fingerprint density at radius 3 is 2.00 bits per heavy atom. The second-order valence-corrected chi connectivity index (χ2v) is 40.0. The number of fused-ring (bicyclic) bond motifs is 5. The van der Waals surface area contributed by atoms with Crippen molar-refractivity contribution < 1.29 is 51.2 Å². The third-order valence-corrected chi connectivity index (χ3v) is 37.1. The minimum atomic E-state index is -4.85. The van der Waals surface area contributed by atoms with Crippen LogP contribution in [0.5, 0.6) is 0 Å². The number of benzene rings is 1. The lowest BCUT2D eigenvalue weighted by atomic mass is 10.0. The number of nitrogens with zero attached hydrogens (tertiary/aromatic N) is 7. The van der Waals surface area contributed by atoms with Crippen molar-refractivity contribution in [1.29, 1.82) is 0 Å². The largest absolute Gasteiger partial charge is 0.472 e. The van der Waals surface area contributed by atoms with Crippen molar-refractivity contribution in [1.82, 2.24) is 39.0 Å². The molecule has 392 valence electrons. The zero-order valence-corrected chi connectivity index (χ0v) is 50.6. The Morgan fingerprint density at radius 1 is 0.764 bits per heavy atom. The maximum Gasteiger partial charge on any atom is 0.472 e. The summed E-state index contributed by atoms with van der Waals surface area (Å²) < 4.78 is 66.7. The van der Waals surface area contributed by atoms with E-state index in [0.29, 0.717) is 5.56 Å². The molecule has 0 radical (unpaired) electrons. The molecular weight excluding hydrogens is 1250 g/mol. The highest BCUT2D eigenvalue weighted by Crippen LogP contribution is 2.55. The molecule has 3 saturated heterocycles. The van der Waals surface area contributed by atoms with E-state index in [4.69, 9.17) is 49.9 Å². The third-order valence-electron chi connectivity index (χ3n) is 10.5. The lowest BCUT2D eigenvalue weighted by Gasteiger charge is -2.27. The summed E-state index contributed by atoms with van der Waals surface area (Å²) in [4.78, 5) is 73.4. The van der Waals surface area contributed by atoms with E-state index in [2.05, 4.69) is 40.5 Å². The van der Waals surface area contributed by atoms with Crippen LogP contribution in [0.4, 0.5) is 11.8 Å². The van der Waals surface area contributed by atoms with Crippen LogP contribution in [-0.4, -0.2) is 100 Å². The molecule has 5 aromatic rings. The number of phosphoric acid groups is 1. The molecular formula is C34H40N10O12P2S14. The Labute approximate surface area is 453 Å². The molecule has 8 rings (SSSR count). The average Bonchev–Trinajstić information content (AvgIpc) is 4.12. The predicted molar refractivity (Wildman–Crippen MR) is 306 cm³/mol. The first-order chi connectivity index (χ1) is 34.5. The van der Waals surface area contributed by atoms with Gasteiger partial charge in [-0.2, -0.15) is 4.98 Å². The normalized spacial score (nSPS) is 26.9. The second-order valence-electron chi connectivity index (χ2n) is 15.4. The van der Waals surface area contributed by atoms with Gasteiger partial charge in [0.2, 0.25) is 11.9 Å². The number of carbonyl (C=O) groups excluding carboxylic acids is 2. The van der Waals surface area contributed by atoms with Crippen LogP contribution >= 0.6 is 15.4 Å². The highest BCUT2D eigenvalue weighted by atomic mass is 33.5. The van der Waals surface area contributed by atoms with Crippen LogP contribution < -0.4 is 16.2 Å². The smallest absolute Gasteiger partial charge is 0.349 e. The third kappa shape index (κ3) is 15.1. The highest BCUT2D eigenvalue weighted by molar-refractivity contribution is 8.76. The number of aromatic amines is 1. The van der Waals surface area contributed by atoms with Crippen LogP contribution in [0.15, 0.2) is 54.1 Å². The van der Waals surface area contributed by atoms with Crippen LogP contribution in [0, 0.1) is 17.8 Å². The van der Waals surface area contributed by atoms with Crippen molar-refractivity contribution in [3.05, 3.63) is 65.2 Å². The van der Waals surface area contributed by atoms with Crippen molar-refractivity contribution >= 4 is 190 Å². The molecule has 22 nitrogen and oxygen atoms in total. The second kappa shape index (κ2) is 27.1. The fourth-order valence-corrected chi connectivity index (χ4v) is 36.9. The van der Waals surface area contributed by atoms with E-state index in [-0.39, 0.29) is 40.0 Å². The Bertz CT molecular complexity index is 3540. The van der Waals surface area contributed by atoms with Gasteiger partial charge in [0, 0.05) is 159 Å². The summed E-state index contributed by atoms with van der Waals surface area (Å²) in [5.74, 6) is -2.50. The van der Waals surface area contributed by atoms with Crippen molar-refractivity contribution in [2.75, 3.05) is 30.5 Å². The molecule has 2 bridgehead atoms. The lowest BCUT2D eigenvalue weighted by molar-refractivity contribution is -0.118. The molecule has 0 saturated carbocycles. The van der Waals surface area contributed by atoms with Crippen molar-refractivity contribution in [2.45, 2.75) is 64.6 Å². The number of imidazole rings is 2. The number of amides is 2. The Hall–Kier alpha value is -1.68. The summed E-state index contributed by atoms with van der Waals surface area (Å²) in [5.41, 5.74) is 0.253. The summed E-state index contributed by atoms with van der Waals surface area (Å²) in [7, 11) is 11.1. The van der Waals surface area contributed by atoms with Gasteiger partial charge in [-0.1, -0.05) is 45.9 Å². The summed E-state index contributed by atoms with van der Waals surface area (Å²) in [6.45, 7) is 7.16. The fraction of sp³-hybridized carbons (Fsp3) is 0.471. The molecule has 72 heavy (non-hydrogen) atoms. The maximum absolute atomic E-state index is 14.1. The van der Waals surface area contributed by atoms with Crippen molar-refractivity contribution in [2.24, 2.45) is 17.8 Å². The van der Waals surface area contributed by atoms with Gasteiger partial charge in [-0.05, 0) is 12.1 Å². The van der Waals surface area contributed by atoms with Gasteiger partial charge in [0.25, 0.3) is 11.5 Å². The van der Waals surface area contributed by atoms with Crippen molar-refractivity contribution in [3.8, 4) is 0 Å². The number of rotatable bonds is 6. The zero-order valence-electron chi connectivity index (χ0n) is 37.4. The molecule has 3 fully saturated rings. The van der Waals surface area contributed by atoms with E-state index < -0.39 is 94.7 Å². The molecule has 0 spiro atoms. The van der Waals surface area contributed by atoms with Gasteiger partial charge in [0.15, 0.2) is 34.4 Å². The van der Waals surface area contributed by atoms with Crippen LogP contribution in [-0.2, 0) is 170 Å². The van der Waals surface area contributed by atoms with Gasteiger partial charge in [-0.3, -0.25) is 47.4 Å². The topological polar surface area (TPSA) is 275 Å². The SMILES string of the molecule is CC(C)C(=O)Nc1nc2c(ncn2[C@@H]2O[C@@H]3COP(=O)(O)O[C@@H]4C(C)[C@H](n5cnc6c(NC(=O)c7ccccc7)ncnc65)O[C@@H]4COP(C)(=O)O[C@H]2C3C)c(=O)[nH]1.S=S=S=S=S=S=S=S=S=S=S=S=S=S. The van der Waals surface area contributed by atoms with Gasteiger partial charge >= 0.3 is 15.4 Å². The van der Waals surface area contributed by atoms with E-state index in [0.717, 1.165) is 0 Å². The Morgan fingerprint density at radius 2 is 1.36 bits per heavy atom. The van der Waals surface area contributed by atoms with Gasteiger partial charge in [0.1, 0.15) is 30.9 Å². The molecule has 1 aromatic carbocycles. The number of hydrogen-bond donors (Lipinski definition) is 4. The molecule has 38 heteroatoms. The fourth-order valence-electron chi connectivity index (χ4n) is 7.17. The number of nitrogens with one attached hydrogen (secondary N) is 3. The van der Waals surface area contributed by atoms with Gasteiger partial charge in [-0.25, -0.2) is 24.5 Å². The number of hydrogen-bond acceptors (Lipinski definition) is 18. The minimum absolute atomic E-state index is 0.0181. The molecule has 3 aliphatic rings. The molecule has 4 N–H and O–H groups in total. The van der Waals surface area contributed by atoms with Crippen LogP contribution in [0.25, 0.3) is 22.3 Å². The predicted octanol–water partition coefficient (Wildman–Crippen LogP) is 3.58. The summed E-state index contributed by atoms with van der Waals surface area (Å²) in [6, 6.07) is 8.56. The number of carbonyl (C=O) groups is 2. The number of H-pyrrole nitrogens is 1. The van der Waals surface area contributed by atoms with Gasteiger partial charge in [0.05, 0.1) is 32.0 Å². The van der Waals surface area contributed by atoms with E-state index in [1.165, 1.54) is 48.0 Å². The van der Waals surface area contributed by atoms with E-state index in [1.807, 2.05) is 0 Å². The quantitative estimate of drug-likeness (QED) is 0.177. The zero-order chi connectivity index (χ0) is 51.6. The molecule has 7 heterocycles. The monoisotopic (exact) mass is 1290 g/mol. The van der Waals surface area contributed by atoms with Crippen LogP contribution in [0.1, 0.15) is 50.5 Å². The van der Waals surface area contributed by atoms with E-state index in [9.17, 15) is 28.4 Å². The molecule has 3 aliphatic heterocycles. The van der Waals surface area contributed by atoms with E-state index >= 15 is 0 Å². The first kappa shape index (κ1) is 58.0. The summed E-state index contributed by atoms with van der Waals surface area (Å²) >= 11 is 9.43. The number of aromatic nitrogens is 8. The number of phosphoric ester groups is 1. The molecule has 0 aliphatic carbocycles. The summed E-state index contributed by atoms with van der Waals surface area (Å²) in [6.07, 6.45) is -2.32. The first-order valence-electron chi connectivity index (χ1n) is 20.4. The molecule has 4 aromatic heterocycles. The van der Waals surface area contributed by atoms with Gasteiger partial charge < -0.3 is 28.7 Å². The van der Waals surface area contributed by atoms with E-state index in [1.54, 1.807) is 151 Å². The standard InChI is InChI=1S/C34H40N10O12P2.S14/c1-16(2)29(45)41-34-40-28-23(31(47)42-34)38-15-44(28)33-25-17(3)20(53-33)11-52-58(49,50)56-24-18(4)32(54-21(24)12-51-57(5,48)55-25)43-14-37-22-26(35-13-36-27(22)43)39-30(46)19-9-7-6-8-10-19;1-3-5-7-9-11-13-14-12-10-8-6-4-2/h6-10,13-18,20-21,24-25,32-33H,11-12H2,1-5H3,(H,49,50)(H,35,36,39,46)(H2,40,41,42,45,47);/t17?,18?,20-,21-,24-,25+,32-,33-,57?;/m1./s1. The molecule has 10 atom stereocenters. The van der Waals surface area contributed by atoms with Gasteiger partial charge in [-0.15, -0.1) is 0 Å². The average molecular weight is 1290 g/mol. The van der Waals surface area contributed by atoms with Crippen LogP contribution in [0.3, 0.4) is 0 Å². The number of anilines is 2. The number of ether oxygens (including phenoxy) is 2. The first-order valence-corrected chi connectivity index (χ1v) is 41.3. The maximum atomic E-state index is 14.1. The molecule has 2 amide bonds. The highest BCUT2D eigenvalue weighted by Gasteiger charge is 2.52. The Kier molecular flexibility index (Phi) is 21.8. The Balaban J connectivity index is 0.000000475. The lowest BCUT2D eigenvalue weighted by Crippen LogP contribution is -2.32. The van der Waals surface area contributed by atoms with Crippen molar-refractivity contribution in [3.63, 3.8) is 0 Å². The summed E-state index contributed by atoms with van der Waals surface area (Å²) in [5, 5.41) is 5.31. The molecule has 4 unspecified atom stereocenters.